The lowest BCUT2D eigenvalue weighted by Crippen LogP contribution is -2.13. The zero-order valence-electron chi connectivity index (χ0n) is 16.8. The maximum absolute atomic E-state index is 12.9. The number of fused-ring (bicyclic) bond motifs is 1. The van der Waals surface area contributed by atoms with Crippen LogP contribution in [0.1, 0.15) is 69.4 Å². The van der Waals surface area contributed by atoms with Gasteiger partial charge in [-0.1, -0.05) is 54.6 Å². The summed E-state index contributed by atoms with van der Waals surface area (Å²) < 4.78 is 30.7. The van der Waals surface area contributed by atoms with Crippen LogP contribution in [-0.4, -0.2) is 6.61 Å². The quantitative estimate of drug-likeness (QED) is 0.438. The van der Waals surface area contributed by atoms with Gasteiger partial charge < -0.3 is 4.74 Å². The molecule has 150 valence electrons. The summed E-state index contributed by atoms with van der Waals surface area (Å²) in [6.45, 7) is 1.12. The Balaban J connectivity index is 1.78. The van der Waals surface area contributed by atoms with Crippen LogP contribution in [0.3, 0.4) is 0 Å². The third-order valence-electron chi connectivity index (χ3n) is 5.87. The minimum atomic E-state index is -2.83. The van der Waals surface area contributed by atoms with Crippen LogP contribution in [0, 0.1) is 5.92 Å². The van der Waals surface area contributed by atoms with E-state index >= 15 is 0 Å². The molecule has 0 aromatic heterocycles. The van der Waals surface area contributed by atoms with E-state index in [1.807, 2.05) is 31.2 Å². The minimum Gasteiger partial charge on any atom is -0.434 e. The fourth-order valence-electron chi connectivity index (χ4n) is 4.41. The molecular formula is C25H30F2O. The maximum Gasteiger partial charge on any atom is 0.387 e. The molecular weight excluding hydrogens is 354 g/mol. The Morgan fingerprint density at radius 3 is 2.50 bits per heavy atom. The number of hydrogen-bond acceptors (Lipinski definition) is 1. The first-order valence-corrected chi connectivity index (χ1v) is 10.4. The molecule has 0 radical (unpaired) electrons. The Bertz CT molecular complexity index is 830. The van der Waals surface area contributed by atoms with Crippen molar-refractivity contribution >= 4 is 16.8 Å². The molecule has 0 unspecified atom stereocenters. The van der Waals surface area contributed by atoms with Crippen LogP contribution < -0.4 is 4.74 Å². The molecule has 1 aliphatic rings. The standard InChI is InChI=1S/C25H30F2O/c1-3-5-6-8-18-9-11-19(12-10-18)21-15-16-23-22(17-21)14-13-20(7-4-2)24(23)28-25(26)27/h3-5,7,13-19,25H,6,8-12H2,1-2H3/b5-3+,7-4+. The van der Waals surface area contributed by atoms with Gasteiger partial charge in [-0.25, -0.2) is 0 Å². The molecule has 0 aliphatic heterocycles. The van der Waals surface area contributed by atoms with Gasteiger partial charge in [-0.15, -0.1) is 0 Å². The molecule has 1 aliphatic carbocycles. The van der Waals surface area contributed by atoms with Crippen LogP contribution in [0.15, 0.2) is 48.6 Å². The van der Waals surface area contributed by atoms with Crippen molar-refractivity contribution in [2.45, 2.75) is 64.9 Å². The molecule has 2 aromatic carbocycles. The molecule has 0 amide bonds. The zero-order chi connectivity index (χ0) is 19.9. The summed E-state index contributed by atoms with van der Waals surface area (Å²) in [5.41, 5.74) is 2.01. The number of halogens is 2. The smallest absolute Gasteiger partial charge is 0.387 e. The Morgan fingerprint density at radius 1 is 1.04 bits per heavy atom. The number of rotatable bonds is 7. The Kier molecular flexibility index (Phi) is 7.24. The Hall–Kier alpha value is -2.16. The largest absolute Gasteiger partial charge is 0.434 e. The molecule has 0 spiro atoms. The fourth-order valence-corrected chi connectivity index (χ4v) is 4.41. The van der Waals surface area contributed by atoms with E-state index in [0.29, 0.717) is 11.5 Å². The van der Waals surface area contributed by atoms with Gasteiger partial charge in [0, 0.05) is 10.9 Å². The second-order valence-corrected chi connectivity index (χ2v) is 7.71. The highest BCUT2D eigenvalue weighted by atomic mass is 19.3. The number of allylic oxidation sites excluding steroid dienone is 3. The van der Waals surface area contributed by atoms with E-state index in [9.17, 15) is 8.78 Å². The number of ether oxygens (including phenoxy) is 1. The van der Waals surface area contributed by atoms with Crippen molar-refractivity contribution < 1.29 is 13.5 Å². The van der Waals surface area contributed by atoms with E-state index in [2.05, 4.69) is 31.2 Å². The molecule has 0 bridgehead atoms. The highest BCUT2D eigenvalue weighted by Gasteiger charge is 2.22. The van der Waals surface area contributed by atoms with Crippen molar-refractivity contribution in [2.24, 2.45) is 5.92 Å². The van der Waals surface area contributed by atoms with Gasteiger partial charge in [0.1, 0.15) is 5.75 Å². The summed E-state index contributed by atoms with van der Waals surface area (Å²) in [7, 11) is 0. The predicted molar refractivity (Wildman–Crippen MR) is 114 cm³/mol. The van der Waals surface area contributed by atoms with Gasteiger partial charge in [0.25, 0.3) is 0 Å². The Labute approximate surface area is 167 Å². The summed E-state index contributed by atoms with van der Waals surface area (Å²) in [6, 6.07) is 10.1. The van der Waals surface area contributed by atoms with Gasteiger partial charge in [-0.05, 0) is 75.2 Å². The molecule has 0 atom stereocenters. The fraction of sp³-hybridized carbons (Fsp3) is 0.440. The topological polar surface area (TPSA) is 9.23 Å². The van der Waals surface area contributed by atoms with E-state index in [1.165, 1.54) is 44.1 Å². The van der Waals surface area contributed by atoms with Crippen molar-refractivity contribution in [1.29, 1.82) is 0 Å². The average molecular weight is 385 g/mol. The second kappa shape index (κ2) is 9.86. The molecule has 1 nitrogen and oxygen atoms in total. The first-order chi connectivity index (χ1) is 13.6. The van der Waals surface area contributed by atoms with Crippen LogP contribution >= 0.6 is 0 Å². The van der Waals surface area contributed by atoms with E-state index in [4.69, 9.17) is 4.74 Å². The summed E-state index contributed by atoms with van der Waals surface area (Å²) >= 11 is 0. The van der Waals surface area contributed by atoms with Crippen molar-refractivity contribution in [3.8, 4) is 5.75 Å². The number of alkyl halides is 2. The molecule has 28 heavy (non-hydrogen) atoms. The highest BCUT2D eigenvalue weighted by Crippen LogP contribution is 2.40. The minimum absolute atomic E-state index is 0.268. The van der Waals surface area contributed by atoms with Crippen molar-refractivity contribution in [2.75, 3.05) is 0 Å². The third-order valence-corrected chi connectivity index (χ3v) is 5.87. The van der Waals surface area contributed by atoms with E-state index in [-0.39, 0.29) is 5.75 Å². The van der Waals surface area contributed by atoms with Crippen LogP contribution in [0.2, 0.25) is 0 Å². The van der Waals surface area contributed by atoms with Crippen molar-refractivity contribution in [1.82, 2.24) is 0 Å². The average Bonchev–Trinajstić information content (AvgIpc) is 2.70. The first-order valence-electron chi connectivity index (χ1n) is 10.4. The van der Waals surface area contributed by atoms with Gasteiger partial charge in [0.15, 0.2) is 0 Å². The number of benzene rings is 2. The molecule has 1 fully saturated rings. The lowest BCUT2D eigenvalue weighted by Gasteiger charge is -2.29. The monoisotopic (exact) mass is 384 g/mol. The molecule has 3 rings (SSSR count). The van der Waals surface area contributed by atoms with E-state index < -0.39 is 6.61 Å². The van der Waals surface area contributed by atoms with Crippen molar-refractivity contribution in [3.05, 3.63) is 59.7 Å². The Morgan fingerprint density at radius 2 is 1.82 bits per heavy atom. The summed E-state index contributed by atoms with van der Waals surface area (Å²) in [5, 5.41) is 1.72. The van der Waals surface area contributed by atoms with Crippen LogP contribution in [0.5, 0.6) is 5.75 Å². The van der Waals surface area contributed by atoms with Crippen LogP contribution in [0.4, 0.5) is 8.78 Å². The van der Waals surface area contributed by atoms with Gasteiger partial charge in [-0.2, -0.15) is 8.78 Å². The molecule has 0 saturated heterocycles. The molecule has 2 aromatic rings. The first kappa shape index (κ1) is 20.6. The number of hydrogen-bond donors (Lipinski definition) is 0. The molecule has 1 saturated carbocycles. The van der Waals surface area contributed by atoms with Crippen LogP contribution in [-0.2, 0) is 0 Å². The van der Waals surface area contributed by atoms with Gasteiger partial charge in [0.05, 0.1) is 0 Å². The predicted octanol–water partition coefficient (Wildman–Crippen LogP) is 8.10. The third kappa shape index (κ3) is 5.01. The van der Waals surface area contributed by atoms with E-state index in [1.54, 1.807) is 6.08 Å². The van der Waals surface area contributed by atoms with Crippen LogP contribution in [0.25, 0.3) is 16.8 Å². The maximum atomic E-state index is 12.9. The summed E-state index contributed by atoms with van der Waals surface area (Å²) in [4.78, 5) is 0. The highest BCUT2D eigenvalue weighted by molar-refractivity contribution is 5.92. The van der Waals surface area contributed by atoms with Gasteiger partial charge in [0.2, 0.25) is 0 Å². The SMILES string of the molecule is C/C=C/CCC1CCC(c2ccc3c(OC(F)F)c(/C=C/C)ccc3c2)CC1. The van der Waals surface area contributed by atoms with Gasteiger partial charge in [-0.3, -0.25) is 0 Å². The van der Waals surface area contributed by atoms with Gasteiger partial charge >= 0.3 is 6.61 Å². The van der Waals surface area contributed by atoms with Crippen molar-refractivity contribution in [3.63, 3.8) is 0 Å². The summed E-state index contributed by atoms with van der Waals surface area (Å²) in [5.74, 6) is 1.67. The molecule has 3 heteroatoms. The van der Waals surface area contributed by atoms with E-state index in [0.717, 1.165) is 16.7 Å². The second-order valence-electron chi connectivity index (χ2n) is 7.71. The lowest BCUT2D eigenvalue weighted by atomic mass is 9.77. The zero-order valence-corrected chi connectivity index (χ0v) is 16.8. The summed E-state index contributed by atoms with van der Waals surface area (Å²) in [6.07, 6.45) is 15.5. The molecule has 0 N–H and O–H groups in total. The molecule has 0 heterocycles. The lowest BCUT2D eigenvalue weighted by molar-refractivity contribution is -0.0489. The normalized spacial score (nSPS) is 20.6.